The molecular weight excluding hydrogens is 256 g/mol. The molecule has 5 nitrogen and oxygen atoms in total. The Kier molecular flexibility index (Phi) is 3.40. The number of hydrogen-bond donors (Lipinski definition) is 2. The molecule has 1 spiro atoms. The first-order valence-electron chi connectivity index (χ1n) is 6.98. The van der Waals surface area contributed by atoms with Crippen LogP contribution < -0.4 is 15.8 Å². The Labute approximate surface area is 118 Å². The maximum Gasteiger partial charge on any atom is 0.170 e. The molecule has 2 aliphatic heterocycles. The van der Waals surface area contributed by atoms with Crippen molar-refractivity contribution >= 4 is 11.5 Å². The number of hydrogen-bond acceptors (Lipinski definition) is 5. The van der Waals surface area contributed by atoms with Gasteiger partial charge in [-0.1, -0.05) is 0 Å². The summed E-state index contributed by atoms with van der Waals surface area (Å²) in [7, 11) is 1.62. The van der Waals surface area contributed by atoms with Crippen LogP contribution in [0.15, 0.2) is 12.1 Å². The second-order valence-electron chi connectivity index (χ2n) is 5.62. The highest BCUT2D eigenvalue weighted by atomic mass is 16.5. The first kappa shape index (κ1) is 13.4. The summed E-state index contributed by atoms with van der Waals surface area (Å²) in [6.07, 6.45) is 2.18. The fraction of sp³-hybridized carbons (Fsp3) is 0.533. The minimum Gasteiger partial charge on any atom is -0.486 e. The molecule has 2 aliphatic rings. The van der Waals surface area contributed by atoms with Crippen LogP contribution in [0.25, 0.3) is 0 Å². The number of piperidine rings is 1. The van der Waals surface area contributed by atoms with Crippen LogP contribution in [0.4, 0.5) is 5.69 Å². The lowest BCUT2D eigenvalue weighted by Crippen LogP contribution is -2.49. The van der Waals surface area contributed by atoms with E-state index in [4.69, 9.17) is 15.2 Å². The number of anilines is 1. The van der Waals surface area contributed by atoms with Crippen LogP contribution in [0.3, 0.4) is 0 Å². The molecule has 0 aromatic heterocycles. The number of nitrogens with two attached hydrogens (primary N) is 1. The molecule has 20 heavy (non-hydrogen) atoms. The first-order chi connectivity index (χ1) is 9.63. The number of rotatable bonds is 2. The van der Waals surface area contributed by atoms with Gasteiger partial charge in [-0.15, -0.1) is 0 Å². The minimum atomic E-state index is -0.338. The molecule has 0 unspecified atom stereocenters. The number of methoxy groups -OCH3 is 1. The van der Waals surface area contributed by atoms with Gasteiger partial charge in [0.2, 0.25) is 0 Å². The third kappa shape index (κ3) is 2.27. The Balaban J connectivity index is 1.97. The Bertz CT molecular complexity index is 536. The largest absolute Gasteiger partial charge is 0.486 e. The van der Waals surface area contributed by atoms with Crippen molar-refractivity contribution in [1.82, 2.24) is 5.32 Å². The fourth-order valence-electron chi connectivity index (χ4n) is 3.04. The zero-order valence-corrected chi connectivity index (χ0v) is 11.7. The van der Waals surface area contributed by atoms with Crippen LogP contribution in [0.1, 0.15) is 35.2 Å². The van der Waals surface area contributed by atoms with Gasteiger partial charge in [-0.2, -0.15) is 0 Å². The number of fused-ring (bicyclic) bond motifs is 1. The number of carbonyl (C=O) groups is 1. The average Bonchev–Trinajstić information content (AvgIpc) is 2.42. The van der Waals surface area contributed by atoms with Crippen molar-refractivity contribution in [3.8, 4) is 5.75 Å². The number of ether oxygens (including phenoxy) is 2. The van der Waals surface area contributed by atoms with Crippen molar-refractivity contribution in [2.75, 3.05) is 25.9 Å². The maximum absolute atomic E-state index is 12.4. The van der Waals surface area contributed by atoms with Gasteiger partial charge in [-0.3, -0.25) is 4.79 Å². The molecule has 1 aromatic rings. The molecule has 0 atom stereocenters. The molecule has 0 amide bonds. The van der Waals surface area contributed by atoms with Crippen molar-refractivity contribution in [2.24, 2.45) is 0 Å². The van der Waals surface area contributed by atoms with E-state index < -0.39 is 0 Å². The second kappa shape index (κ2) is 5.07. The van der Waals surface area contributed by atoms with E-state index in [9.17, 15) is 4.79 Å². The SMILES string of the molecule is COCc1cc2c(cc1N)C(=O)CC1(CCNCC1)O2. The number of Topliss-reactive ketones (excluding diaryl/α,β-unsaturated/α-hetero) is 1. The third-order valence-electron chi connectivity index (χ3n) is 4.17. The lowest BCUT2D eigenvalue weighted by atomic mass is 9.82. The van der Waals surface area contributed by atoms with Crippen LogP contribution in [-0.2, 0) is 11.3 Å². The van der Waals surface area contributed by atoms with Crippen molar-refractivity contribution in [2.45, 2.75) is 31.5 Å². The fourth-order valence-corrected chi connectivity index (χ4v) is 3.04. The van der Waals surface area contributed by atoms with Crippen LogP contribution in [-0.4, -0.2) is 31.6 Å². The maximum atomic E-state index is 12.4. The van der Waals surface area contributed by atoms with Crippen molar-refractivity contribution in [1.29, 1.82) is 0 Å². The molecular formula is C15H20N2O3. The van der Waals surface area contributed by atoms with Gasteiger partial charge >= 0.3 is 0 Å². The van der Waals surface area contributed by atoms with Gasteiger partial charge in [0.15, 0.2) is 5.78 Å². The predicted octanol–water partition coefficient (Wildman–Crippen LogP) is 1.50. The summed E-state index contributed by atoms with van der Waals surface area (Å²) in [5.41, 5.74) is 7.68. The van der Waals surface area contributed by atoms with E-state index in [1.54, 1.807) is 13.2 Å². The van der Waals surface area contributed by atoms with Gasteiger partial charge in [0.25, 0.3) is 0 Å². The van der Waals surface area contributed by atoms with Gasteiger partial charge in [0, 0.05) is 31.2 Å². The van der Waals surface area contributed by atoms with Crippen LogP contribution in [0.2, 0.25) is 0 Å². The van der Waals surface area contributed by atoms with Gasteiger partial charge < -0.3 is 20.5 Å². The van der Waals surface area contributed by atoms with E-state index in [1.165, 1.54) is 0 Å². The number of nitrogens with one attached hydrogen (secondary N) is 1. The Hall–Kier alpha value is -1.59. The summed E-state index contributed by atoms with van der Waals surface area (Å²) in [6, 6.07) is 3.58. The summed E-state index contributed by atoms with van der Waals surface area (Å²) in [4.78, 5) is 12.4. The van der Waals surface area contributed by atoms with Crippen molar-refractivity contribution in [3.63, 3.8) is 0 Å². The molecule has 0 saturated carbocycles. The van der Waals surface area contributed by atoms with E-state index in [1.807, 2.05) is 6.07 Å². The molecule has 0 aliphatic carbocycles. The first-order valence-corrected chi connectivity index (χ1v) is 6.98. The molecule has 0 bridgehead atoms. The minimum absolute atomic E-state index is 0.129. The molecule has 1 saturated heterocycles. The average molecular weight is 276 g/mol. The highest BCUT2D eigenvalue weighted by Crippen LogP contribution is 2.40. The highest BCUT2D eigenvalue weighted by molar-refractivity contribution is 6.01. The van der Waals surface area contributed by atoms with E-state index >= 15 is 0 Å². The van der Waals surface area contributed by atoms with Crippen LogP contribution >= 0.6 is 0 Å². The second-order valence-corrected chi connectivity index (χ2v) is 5.62. The van der Waals surface area contributed by atoms with Gasteiger partial charge in [-0.25, -0.2) is 0 Å². The Morgan fingerprint density at radius 1 is 1.40 bits per heavy atom. The summed E-state index contributed by atoms with van der Waals surface area (Å²) in [6.45, 7) is 2.20. The number of carbonyl (C=O) groups excluding carboxylic acids is 1. The molecule has 1 fully saturated rings. The summed E-state index contributed by atoms with van der Waals surface area (Å²) in [5.74, 6) is 0.785. The smallest absolute Gasteiger partial charge is 0.170 e. The molecule has 3 rings (SSSR count). The number of ketones is 1. The predicted molar refractivity (Wildman–Crippen MR) is 76.0 cm³/mol. The van der Waals surface area contributed by atoms with Crippen molar-refractivity contribution < 1.29 is 14.3 Å². The van der Waals surface area contributed by atoms with Gasteiger partial charge in [0.1, 0.15) is 11.4 Å². The van der Waals surface area contributed by atoms with E-state index in [0.29, 0.717) is 30.0 Å². The summed E-state index contributed by atoms with van der Waals surface area (Å²) < 4.78 is 11.3. The lowest BCUT2D eigenvalue weighted by Gasteiger charge is -2.41. The zero-order valence-electron chi connectivity index (χ0n) is 11.7. The normalized spacial score (nSPS) is 20.6. The van der Waals surface area contributed by atoms with Crippen LogP contribution in [0, 0.1) is 0 Å². The highest BCUT2D eigenvalue weighted by Gasteiger charge is 2.41. The number of benzene rings is 1. The molecule has 0 radical (unpaired) electrons. The topological polar surface area (TPSA) is 73.6 Å². The van der Waals surface area contributed by atoms with E-state index in [2.05, 4.69) is 5.32 Å². The summed E-state index contributed by atoms with van der Waals surface area (Å²) in [5, 5.41) is 3.30. The quantitative estimate of drug-likeness (QED) is 0.801. The lowest BCUT2D eigenvalue weighted by molar-refractivity contribution is 0.0186. The third-order valence-corrected chi connectivity index (χ3v) is 4.17. The van der Waals surface area contributed by atoms with Gasteiger partial charge in [0.05, 0.1) is 18.6 Å². The molecule has 108 valence electrons. The van der Waals surface area contributed by atoms with Gasteiger partial charge in [-0.05, 0) is 25.2 Å². The van der Waals surface area contributed by atoms with Crippen LogP contribution in [0.5, 0.6) is 5.75 Å². The molecule has 1 aromatic carbocycles. The Morgan fingerprint density at radius 2 is 2.15 bits per heavy atom. The number of nitrogen functional groups attached to an aromatic ring is 1. The summed E-state index contributed by atoms with van der Waals surface area (Å²) >= 11 is 0. The molecule has 5 heteroatoms. The molecule has 3 N–H and O–H groups in total. The van der Waals surface area contributed by atoms with E-state index in [-0.39, 0.29) is 11.4 Å². The molecule has 2 heterocycles. The van der Waals surface area contributed by atoms with Crippen molar-refractivity contribution in [3.05, 3.63) is 23.3 Å². The van der Waals surface area contributed by atoms with E-state index in [0.717, 1.165) is 31.5 Å². The zero-order chi connectivity index (χ0) is 14.2. The Morgan fingerprint density at radius 3 is 2.85 bits per heavy atom. The standard InChI is InChI=1S/C15H20N2O3/c1-19-9-10-6-14-11(7-12(10)16)13(18)8-15(20-14)2-4-17-5-3-15/h6-7,17H,2-5,8-9,16H2,1H3. The monoisotopic (exact) mass is 276 g/mol.